The highest BCUT2D eigenvalue weighted by Crippen LogP contribution is 2.29. The van der Waals surface area contributed by atoms with E-state index >= 15 is 0 Å². The van der Waals surface area contributed by atoms with E-state index in [1.165, 1.54) is 22.6 Å². The average molecular weight is 344 g/mol. The molecule has 0 aliphatic rings. The number of nitrogens with zero attached hydrogens (tertiary/aromatic N) is 2. The van der Waals surface area contributed by atoms with E-state index in [0.29, 0.717) is 6.07 Å². The van der Waals surface area contributed by atoms with E-state index in [-0.39, 0.29) is 3.57 Å². The molecular weight excluding hydrogens is 341 g/mol. The van der Waals surface area contributed by atoms with Crippen molar-refractivity contribution in [1.82, 2.24) is 4.98 Å². The summed E-state index contributed by atoms with van der Waals surface area (Å²) >= 11 is 1.37. The summed E-state index contributed by atoms with van der Waals surface area (Å²) in [5, 5.41) is 19.0. The quantitative estimate of drug-likeness (QED) is 0.516. The molecule has 0 unspecified atom stereocenters. The van der Waals surface area contributed by atoms with Crippen molar-refractivity contribution < 1.29 is 23.6 Å². The Labute approximate surface area is 101 Å². The minimum absolute atomic E-state index is 0.300. The lowest BCUT2D eigenvalue weighted by atomic mass is 10.2. The Hall–Kier alpha value is -1.39. The topological polar surface area (TPSA) is 93.3 Å². The third-order valence-electron chi connectivity index (χ3n) is 1.60. The fourth-order valence-electron chi connectivity index (χ4n) is 0.929. The number of nitro groups is 1. The fourth-order valence-corrected chi connectivity index (χ4v) is 1.67. The van der Waals surface area contributed by atoms with Crippen molar-refractivity contribution in [3.05, 3.63) is 31.0 Å². The highest BCUT2D eigenvalue weighted by molar-refractivity contribution is 14.1. The van der Waals surface area contributed by atoms with Crippen LogP contribution in [0.5, 0.6) is 0 Å². The van der Waals surface area contributed by atoms with Crippen LogP contribution in [-0.2, 0) is 0 Å². The molecule has 1 heterocycles. The molecule has 0 spiro atoms. The maximum absolute atomic E-state index is 12.5. The first-order valence-electron chi connectivity index (χ1n) is 3.71. The molecule has 0 aromatic carbocycles. The van der Waals surface area contributed by atoms with Crippen molar-refractivity contribution in [2.75, 3.05) is 0 Å². The SMILES string of the molecule is O=C(O)c1nc([N+](=O)[O-])cc(C(F)F)c1I. The van der Waals surface area contributed by atoms with Crippen LogP contribution in [0.2, 0.25) is 0 Å². The number of halogens is 3. The van der Waals surface area contributed by atoms with Crippen molar-refractivity contribution in [2.45, 2.75) is 6.43 Å². The predicted molar refractivity (Wildman–Crippen MR) is 55.5 cm³/mol. The molecule has 1 N–H and O–H groups in total. The van der Waals surface area contributed by atoms with E-state index in [4.69, 9.17) is 5.11 Å². The van der Waals surface area contributed by atoms with Crippen LogP contribution in [0.1, 0.15) is 22.5 Å². The molecule has 9 heteroatoms. The first-order valence-corrected chi connectivity index (χ1v) is 4.78. The Balaban J connectivity index is 3.51. The van der Waals surface area contributed by atoms with Crippen molar-refractivity contribution in [3.8, 4) is 0 Å². The van der Waals surface area contributed by atoms with E-state index in [1.807, 2.05) is 0 Å². The summed E-state index contributed by atoms with van der Waals surface area (Å²) in [6, 6.07) is 0.568. The maximum Gasteiger partial charge on any atom is 0.381 e. The second kappa shape index (κ2) is 4.63. The molecule has 0 aliphatic heterocycles. The molecule has 0 fully saturated rings. The van der Waals surface area contributed by atoms with Crippen molar-refractivity contribution >= 4 is 34.4 Å². The Morgan fingerprint density at radius 1 is 1.62 bits per heavy atom. The summed E-state index contributed by atoms with van der Waals surface area (Å²) in [6.45, 7) is 0. The van der Waals surface area contributed by atoms with Gasteiger partial charge in [-0.1, -0.05) is 0 Å². The number of carbonyl (C=O) groups is 1. The van der Waals surface area contributed by atoms with Crippen LogP contribution in [0.3, 0.4) is 0 Å². The molecule has 0 saturated heterocycles. The normalized spacial score (nSPS) is 10.5. The summed E-state index contributed by atoms with van der Waals surface area (Å²) in [5.41, 5.74) is -1.45. The number of aromatic carboxylic acids is 1. The van der Waals surface area contributed by atoms with Gasteiger partial charge in [-0.15, -0.1) is 0 Å². The second-order valence-corrected chi connectivity index (χ2v) is 3.67. The maximum atomic E-state index is 12.5. The number of pyridine rings is 1. The summed E-state index contributed by atoms with van der Waals surface area (Å²) in [6.07, 6.45) is -2.99. The summed E-state index contributed by atoms with van der Waals surface area (Å²) < 4.78 is 24.6. The van der Waals surface area contributed by atoms with Crippen LogP contribution in [0, 0.1) is 13.7 Å². The van der Waals surface area contributed by atoms with Gasteiger partial charge in [0.1, 0.15) is 0 Å². The van der Waals surface area contributed by atoms with Gasteiger partial charge in [-0.25, -0.2) is 13.6 Å². The second-order valence-electron chi connectivity index (χ2n) is 2.60. The molecule has 1 aromatic heterocycles. The molecule has 16 heavy (non-hydrogen) atoms. The minimum atomic E-state index is -2.99. The number of hydrogen-bond donors (Lipinski definition) is 1. The molecule has 1 rings (SSSR count). The van der Waals surface area contributed by atoms with Crippen molar-refractivity contribution in [3.63, 3.8) is 0 Å². The Kier molecular flexibility index (Phi) is 3.67. The minimum Gasteiger partial charge on any atom is -0.475 e. The first-order chi connectivity index (χ1) is 7.34. The molecule has 0 aliphatic carbocycles. The molecule has 86 valence electrons. The zero-order valence-corrected chi connectivity index (χ0v) is 9.51. The first kappa shape index (κ1) is 12.7. The van der Waals surface area contributed by atoms with Gasteiger partial charge in [0, 0.05) is 11.6 Å². The van der Waals surface area contributed by atoms with Gasteiger partial charge in [0.05, 0.1) is 3.57 Å². The number of carboxylic acid groups (broad SMARTS) is 1. The third kappa shape index (κ3) is 2.40. The molecule has 0 amide bonds. The Bertz CT molecular complexity index is 466. The fraction of sp³-hybridized carbons (Fsp3) is 0.143. The zero-order valence-electron chi connectivity index (χ0n) is 7.35. The summed E-state index contributed by atoms with van der Waals surface area (Å²) in [7, 11) is 0. The van der Waals surface area contributed by atoms with Gasteiger partial charge in [-0.2, -0.15) is 0 Å². The molecule has 1 aromatic rings. The lowest BCUT2D eigenvalue weighted by Crippen LogP contribution is -2.09. The van der Waals surface area contributed by atoms with Crippen molar-refractivity contribution in [1.29, 1.82) is 0 Å². The van der Waals surface area contributed by atoms with Crippen LogP contribution in [0.15, 0.2) is 6.07 Å². The van der Waals surface area contributed by atoms with Gasteiger partial charge in [0.25, 0.3) is 12.1 Å². The Morgan fingerprint density at radius 2 is 2.19 bits per heavy atom. The number of carboxylic acids is 1. The van der Waals surface area contributed by atoms with Gasteiger partial charge >= 0.3 is 11.8 Å². The Morgan fingerprint density at radius 3 is 2.56 bits per heavy atom. The van der Waals surface area contributed by atoms with E-state index in [9.17, 15) is 23.7 Å². The van der Waals surface area contributed by atoms with Crippen LogP contribution >= 0.6 is 22.6 Å². The van der Waals surface area contributed by atoms with Crippen LogP contribution in [-0.4, -0.2) is 21.0 Å². The molecule has 0 saturated carbocycles. The number of aromatic nitrogens is 1. The molecule has 6 nitrogen and oxygen atoms in total. The van der Waals surface area contributed by atoms with Gasteiger partial charge in [0.15, 0.2) is 0 Å². The zero-order chi connectivity index (χ0) is 12.5. The molecule has 0 atom stereocenters. The lowest BCUT2D eigenvalue weighted by Gasteiger charge is -2.03. The summed E-state index contributed by atoms with van der Waals surface area (Å²) in [5.74, 6) is -2.50. The monoisotopic (exact) mass is 344 g/mol. The van der Waals surface area contributed by atoms with E-state index in [0.717, 1.165) is 0 Å². The molecule has 0 radical (unpaired) electrons. The number of alkyl halides is 2. The smallest absolute Gasteiger partial charge is 0.381 e. The predicted octanol–water partition coefficient (Wildman–Crippen LogP) is 2.23. The van der Waals surface area contributed by atoms with Crippen LogP contribution < -0.4 is 0 Å². The van der Waals surface area contributed by atoms with Crippen LogP contribution in [0.4, 0.5) is 14.6 Å². The van der Waals surface area contributed by atoms with Crippen molar-refractivity contribution in [2.24, 2.45) is 0 Å². The highest BCUT2D eigenvalue weighted by atomic mass is 127. The van der Waals surface area contributed by atoms with Gasteiger partial charge in [-0.3, -0.25) is 0 Å². The van der Waals surface area contributed by atoms with Crippen LogP contribution in [0.25, 0.3) is 0 Å². The molecule has 0 bridgehead atoms. The van der Waals surface area contributed by atoms with E-state index in [1.54, 1.807) is 0 Å². The summed E-state index contributed by atoms with van der Waals surface area (Å²) in [4.78, 5) is 23.2. The number of rotatable bonds is 3. The van der Waals surface area contributed by atoms with Gasteiger partial charge in [0.2, 0.25) is 0 Å². The van der Waals surface area contributed by atoms with E-state index in [2.05, 4.69) is 4.98 Å². The molecular formula is C7H3F2IN2O4. The van der Waals surface area contributed by atoms with E-state index < -0.39 is 34.4 Å². The van der Waals surface area contributed by atoms with Gasteiger partial charge < -0.3 is 15.2 Å². The lowest BCUT2D eigenvalue weighted by molar-refractivity contribution is -0.389. The highest BCUT2D eigenvalue weighted by Gasteiger charge is 2.27. The van der Waals surface area contributed by atoms with Gasteiger partial charge in [-0.05, 0) is 32.5 Å². The standard InChI is InChI=1S/C7H3F2IN2O4/c8-6(9)2-1-3(12(15)16)11-5(4(2)10)7(13)14/h1,6H,(H,13,14). The third-order valence-corrected chi connectivity index (χ3v) is 2.73. The largest absolute Gasteiger partial charge is 0.475 e. The average Bonchev–Trinajstić information content (AvgIpc) is 2.16. The number of hydrogen-bond acceptors (Lipinski definition) is 4.